The van der Waals surface area contributed by atoms with E-state index in [9.17, 15) is 13.2 Å². The molecular weight excluding hydrogens is 410 g/mol. The van der Waals surface area contributed by atoms with Crippen LogP contribution in [0.2, 0.25) is 0 Å². The van der Waals surface area contributed by atoms with Crippen molar-refractivity contribution in [3.8, 4) is 17.2 Å². The van der Waals surface area contributed by atoms with Gasteiger partial charge >= 0.3 is 0 Å². The van der Waals surface area contributed by atoms with E-state index >= 15 is 0 Å². The van der Waals surface area contributed by atoms with E-state index in [1.807, 2.05) is 0 Å². The number of nitrogens with one attached hydrogen (secondary N) is 1. The molecule has 0 saturated heterocycles. The molecule has 0 heterocycles. The molecule has 0 saturated carbocycles. The molecule has 0 aliphatic heterocycles. The number of anilines is 1. The van der Waals surface area contributed by atoms with Crippen LogP contribution in [0.15, 0.2) is 47.4 Å². The largest absolute Gasteiger partial charge is 0.494 e. The second-order valence-corrected chi connectivity index (χ2v) is 8.47. The molecule has 2 aromatic rings. The second-order valence-electron chi connectivity index (χ2n) is 6.45. The molecule has 8 nitrogen and oxygen atoms in total. The van der Waals surface area contributed by atoms with Crippen LogP contribution in [0.3, 0.4) is 0 Å². The number of benzene rings is 2. The van der Waals surface area contributed by atoms with Gasteiger partial charge in [-0.25, -0.2) is 8.42 Å². The molecule has 1 N–H and O–H groups in total. The van der Waals surface area contributed by atoms with Crippen molar-refractivity contribution in [1.82, 2.24) is 0 Å². The Bertz CT molecular complexity index is 927. The summed E-state index contributed by atoms with van der Waals surface area (Å²) in [4.78, 5) is 12.4. The van der Waals surface area contributed by atoms with Crippen molar-refractivity contribution >= 4 is 21.4 Å². The number of methoxy groups -OCH3 is 2. The fourth-order valence-electron chi connectivity index (χ4n) is 2.53. The molecule has 0 aromatic heterocycles. The van der Waals surface area contributed by atoms with Crippen LogP contribution in [0.4, 0.5) is 5.69 Å². The summed E-state index contributed by atoms with van der Waals surface area (Å²) in [6.07, 6.45) is 1.93. The summed E-state index contributed by atoms with van der Waals surface area (Å²) >= 11 is 0. The molecule has 164 valence electrons. The summed E-state index contributed by atoms with van der Waals surface area (Å²) in [7, 11) is -0.0956. The zero-order chi connectivity index (χ0) is 22.0. The lowest BCUT2D eigenvalue weighted by molar-refractivity contribution is -0.116. The first-order valence-corrected chi connectivity index (χ1v) is 11.2. The van der Waals surface area contributed by atoms with Crippen molar-refractivity contribution in [3.63, 3.8) is 0 Å². The van der Waals surface area contributed by atoms with E-state index in [1.54, 1.807) is 44.6 Å². The van der Waals surface area contributed by atoms with Crippen molar-refractivity contribution in [2.24, 2.45) is 0 Å². The van der Waals surface area contributed by atoms with Gasteiger partial charge in [0.15, 0.2) is 21.3 Å². The number of amides is 1. The third kappa shape index (κ3) is 7.57. The molecular formula is C21H27NO7S. The third-order valence-electron chi connectivity index (χ3n) is 4.06. The van der Waals surface area contributed by atoms with Crippen molar-refractivity contribution in [2.45, 2.75) is 17.7 Å². The average Bonchev–Trinajstić information content (AvgIpc) is 2.71. The Balaban J connectivity index is 1.79. The maximum absolute atomic E-state index is 12.2. The number of hydrogen-bond acceptors (Lipinski definition) is 7. The highest BCUT2D eigenvalue weighted by Gasteiger charge is 2.09. The molecule has 0 aliphatic carbocycles. The van der Waals surface area contributed by atoms with Crippen LogP contribution < -0.4 is 19.5 Å². The smallest absolute Gasteiger partial charge is 0.224 e. The highest BCUT2D eigenvalue weighted by molar-refractivity contribution is 7.90. The number of rotatable bonds is 12. The minimum Gasteiger partial charge on any atom is -0.494 e. The lowest BCUT2D eigenvalue weighted by atomic mass is 10.2. The van der Waals surface area contributed by atoms with E-state index in [-0.39, 0.29) is 17.2 Å². The summed E-state index contributed by atoms with van der Waals surface area (Å²) in [6, 6.07) is 11.3. The van der Waals surface area contributed by atoms with E-state index in [1.165, 1.54) is 12.1 Å². The van der Waals surface area contributed by atoms with Crippen molar-refractivity contribution in [2.75, 3.05) is 45.6 Å². The summed E-state index contributed by atoms with van der Waals surface area (Å²) in [5, 5.41) is 2.82. The Morgan fingerprint density at radius 2 is 1.67 bits per heavy atom. The Morgan fingerprint density at radius 3 is 2.30 bits per heavy atom. The molecule has 0 aliphatic rings. The van der Waals surface area contributed by atoms with E-state index < -0.39 is 9.84 Å². The van der Waals surface area contributed by atoms with Crippen LogP contribution in [0.5, 0.6) is 17.2 Å². The summed E-state index contributed by atoms with van der Waals surface area (Å²) in [6.45, 7) is 1.14. The number of hydrogen-bond donors (Lipinski definition) is 1. The Labute approximate surface area is 177 Å². The highest BCUT2D eigenvalue weighted by atomic mass is 32.2. The lowest BCUT2D eigenvalue weighted by Crippen LogP contribution is -2.13. The molecule has 0 unspecified atom stereocenters. The molecule has 0 spiro atoms. The first-order valence-electron chi connectivity index (χ1n) is 9.36. The number of sulfone groups is 1. The maximum Gasteiger partial charge on any atom is 0.224 e. The first kappa shape index (κ1) is 23.5. The number of ether oxygens (including phenoxy) is 4. The molecule has 1 amide bonds. The van der Waals surface area contributed by atoms with Gasteiger partial charge < -0.3 is 24.3 Å². The number of carbonyl (C=O) groups is 1. The highest BCUT2D eigenvalue weighted by Crippen LogP contribution is 2.30. The fourth-order valence-corrected chi connectivity index (χ4v) is 3.16. The van der Waals surface area contributed by atoms with Crippen LogP contribution in [0, 0.1) is 0 Å². The molecule has 2 aromatic carbocycles. The standard InChI is InChI=1S/C21H27NO7S/c1-26-13-14-29-20-15-16(6-11-19(20)27-2)22-21(23)5-4-12-28-17-7-9-18(10-8-17)30(3,24)25/h6-11,15H,4-5,12-14H2,1-3H3,(H,22,23). The van der Waals surface area contributed by atoms with Gasteiger partial charge in [-0.2, -0.15) is 0 Å². The van der Waals surface area contributed by atoms with Gasteiger partial charge in [-0.15, -0.1) is 0 Å². The SMILES string of the molecule is COCCOc1cc(NC(=O)CCCOc2ccc(S(C)(=O)=O)cc2)ccc1OC. The molecule has 0 bridgehead atoms. The first-order chi connectivity index (χ1) is 14.3. The monoisotopic (exact) mass is 437 g/mol. The van der Waals surface area contributed by atoms with E-state index in [0.717, 1.165) is 6.26 Å². The van der Waals surface area contributed by atoms with Gasteiger partial charge in [0.25, 0.3) is 0 Å². The second kappa shape index (κ2) is 11.4. The van der Waals surface area contributed by atoms with Gasteiger partial charge in [-0.05, 0) is 42.8 Å². The predicted molar refractivity (Wildman–Crippen MR) is 113 cm³/mol. The van der Waals surface area contributed by atoms with E-state index in [0.29, 0.717) is 49.2 Å². The Morgan fingerprint density at radius 1 is 0.933 bits per heavy atom. The maximum atomic E-state index is 12.2. The molecule has 2 rings (SSSR count). The van der Waals surface area contributed by atoms with Gasteiger partial charge in [-0.3, -0.25) is 4.79 Å². The minimum absolute atomic E-state index is 0.154. The predicted octanol–water partition coefficient (Wildman–Crippen LogP) is 2.92. The third-order valence-corrected chi connectivity index (χ3v) is 5.19. The average molecular weight is 438 g/mol. The molecule has 9 heteroatoms. The molecule has 0 fully saturated rings. The van der Waals surface area contributed by atoms with Gasteiger partial charge in [0.1, 0.15) is 12.4 Å². The van der Waals surface area contributed by atoms with Crippen LogP contribution in [0.1, 0.15) is 12.8 Å². The van der Waals surface area contributed by atoms with Crippen LogP contribution in [0.25, 0.3) is 0 Å². The Hall–Kier alpha value is -2.78. The van der Waals surface area contributed by atoms with Gasteiger partial charge in [0, 0.05) is 31.5 Å². The van der Waals surface area contributed by atoms with Crippen LogP contribution in [-0.4, -0.2) is 54.6 Å². The lowest BCUT2D eigenvalue weighted by Gasteiger charge is -2.13. The van der Waals surface area contributed by atoms with Crippen molar-refractivity contribution in [3.05, 3.63) is 42.5 Å². The Kier molecular flexibility index (Phi) is 8.94. The minimum atomic E-state index is -3.23. The topological polar surface area (TPSA) is 100 Å². The van der Waals surface area contributed by atoms with Gasteiger partial charge in [-0.1, -0.05) is 0 Å². The number of carbonyl (C=O) groups excluding carboxylic acids is 1. The summed E-state index contributed by atoms with van der Waals surface area (Å²) in [5.41, 5.74) is 0.602. The van der Waals surface area contributed by atoms with Gasteiger partial charge in [0.2, 0.25) is 5.91 Å². The quantitative estimate of drug-likeness (QED) is 0.510. The molecule has 0 radical (unpaired) electrons. The summed E-state index contributed by atoms with van der Waals surface area (Å²) in [5.74, 6) is 1.49. The summed E-state index contributed by atoms with van der Waals surface area (Å²) < 4.78 is 44.3. The van der Waals surface area contributed by atoms with Crippen LogP contribution in [-0.2, 0) is 19.4 Å². The van der Waals surface area contributed by atoms with E-state index in [2.05, 4.69) is 5.32 Å². The normalized spacial score (nSPS) is 11.0. The zero-order valence-corrected chi connectivity index (χ0v) is 18.2. The van der Waals surface area contributed by atoms with Gasteiger partial charge in [0.05, 0.1) is 25.2 Å². The zero-order valence-electron chi connectivity index (χ0n) is 17.3. The fraction of sp³-hybridized carbons (Fsp3) is 0.381. The van der Waals surface area contributed by atoms with Crippen LogP contribution >= 0.6 is 0 Å². The molecule has 30 heavy (non-hydrogen) atoms. The molecule has 0 atom stereocenters. The van der Waals surface area contributed by atoms with Crippen molar-refractivity contribution < 1.29 is 32.2 Å². The van der Waals surface area contributed by atoms with Crippen molar-refractivity contribution in [1.29, 1.82) is 0 Å². The van der Waals surface area contributed by atoms with E-state index in [4.69, 9.17) is 18.9 Å².